The monoisotopic (exact) mass is 298 g/mol. The summed E-state index contributed by atoms with van der Waals surface area (Å²) in [6, 6.07) is 13.4. The Labute approximate surface area is 130 Å². The molecule has 0 atom stereocenters. The van der Waals surface area contributed by atoms with Crippen molar-refractivity contribution in [2.75, 3.05) is 12.3 Å². The van der Waals surface area contributed by atoms with Gasteiger partial charge in [-0.25, -0.2) is 0 Å². The van der Waals surface area contributed by atoms with Crippen LogP contribution in [0.15, 0.2) is 42.5 Å². The van der Waals surface area contributed by atoms with Crippen LogP contribution in [0.2, 0.25) is 0 Å². The van der Waals surface area contributed by atoms with Crippen LogP contribution in [0.4, 0.5) is 5.69 Å². The van der Waals surface area contributed by atoms with Crippen molar-refractivity contribution in [3.63, 3.8) is 0 Å². The fraction of sp³-hybridized carbons (Fsp3) is 0.176. The van der Waals surface area contributed by atoms with E-state index in [2.05, 4.69) is 5.48 Å². The number of nitrogens with one attached hydrogen (secondary N) is 1. The zero-order valence-corrected chi connectivity index (χ0v) is 12.6. The minimum absolute atomic E-state index is 0.573. The van der Waals surface area contributed by atoms with Gasteiger partial charge in [0, 0.05) is 17.8 Å². The molecule has 0 aliphatic rings. The van der Waals surface area contributed by atoms with Crippen molar-refractivity contribution in [1.29, 1.82) is 0 Å². The van der Waals surface area contributed by atoms with E-state index in [4.69, 9.17) is 22.0 Å². The summed E-state index contributed by atoms with van der Waals surface area (Å²) < 4.78 is 0. The van der Waals surface area contributed by atoms with E-state index in [1.54, 1.807) is 0 Å². The summed E-state index contributed by atoms with van der Waals surface area (Å²) in [7, 11) is 0. The summed E-state index contributed by atoms with van der Waals surface area (Å²) in [4.78, 5) is 5.31. The number of hydrogen-bond donors (Lipinski definition) is 4. The molecule has 0 aliphatic carbocycles. The van der Waals surface area contributed by atoms with Crippen LogP contribution in [-0.4, -0.2) is 6.54 Å². The zero-order valence-electron chi connectivity index (χ0n) is 12.6. The molecule has 0 saturated carbocycles. The van der Waals surface area contributed by atoms with Gasteiger partial charge in [-0.2, -0.15) is 5.48 Å². The Morgan fingerprint density at radius 2 is 1.68 bits per heavy atom. The first-order chi connectivity index (χ1) is 10.6. The molecule has 0 aromatic heterocycles. The highest BCUT2D eigenvalue weighted by Gasteiger charge is 2.04. The van der Waals surface area contributed by atoms with Crippen LogP contribution in [0, 0.1) is 0 Å². The molecule has 0 fully saturated rings. The van der Waals surface area contributed by atoms with E-state index < -0.39 is 6.17 Å². The second-order valence-electron chi connectivity index (χ2n) is 4.92. The SMILES string of the molecule is CCNOc1ccc(/C=C/c2ccc(N)c(C(N)N)c2)cc1. The highest BCUT2D eigenvalue weighted by Crippen LogP contribution is 2.19. The largest absolute Gasteiger partial charge is 0.409 e. The first-order valence-electron chi connectivity index (χ1n) is 7.18. The van der Waals surface area contributed by atoms with Crippen molar-refractivity contribution in [2.45, 2.75) is 13.1 Å². The molecule has 116 valence electrons. The minimum atomic E-state index is -0.573. The van der Waals surface area contributed by atoms with E-state index >= 15 is 0 Å². The van der Waals surface area contributed by atoms with Crippen LogP contribution in [-0.2, 0) is 0 Å². The lowest BCUT2D eigenvalue weighted by Crippen LogP contribution is -2.21. The summed E-state index contributed by atoms with van der Waals surface area (Å²) in [5, 5.41) is 0. The number of nitrogen functional groups attached to an aromatic ring is 1. The maximum atomic E-state index is 5.85. The van der Waals surface area contributed by atoms with E-state index in [0.29, 0.717) is 5.69 Å². The molecule has 0 amide bonds. The van der Waals surface area contributed by atoms with Crippen molar-refractivity contribution < 1.29 is 4.84 Å². The van der Waals surface area contributed by atoms with Crippen LogP contribution in [0.25, 0.3) is 12.2 Å². The average molecular weight is 298 g/mol. The summed E-state index contributed by atoms with van der Waals surface area (Å²) in [5.41, 5.74) is 23.5. The Morgan fingerprint density at radius 3 is 2.32 bits per heavy atom. The van der Waals surface area contributed by atoms with Crippen LogP contribution >= 0.6 is 0 Å². The predicted molar refractivity (Wildman–Crippen MR) is 91.6 cm³/mol. The van der Waals surface area contributed by atoms with Crippen molar-refractivity contribution in [3.8, 4) is 5.75 Å². The minimum Gasteiger partial charge on any atom is -0.409 e. The Bertz CT molecular complexity index is 636. The lowest BCUT2D eigenvalue weighted by atomic mass is 10.1. The molecule has 7 N–H and O–H groups in total. The summed E-state index contributed by atoms with van der Waals surface area (Å²) in [6.45, 7) is 2.73. The van der Waals surface area contributed by atoms with Gasteiger partial charge in [0.15, 0.2) is 0 Å². The Morgan fingerprint density at radius 1 is 1.05 bits per heavy atom. The lowest BCUT2D eigenvalue weighted by molar-refractivity contribution is 0.202. The van der Waals surface area contributed by atoms with E-state index in [-0.39, 0.29) is 0 Å². The van der Waals surface area contributed by atoms with E-state index in [9.17, 15) is 0 Å². The molecule has 2 rings (SSSR count). The second-order valence-corrected chi connectivity index (χ2v) is 4.92. The summed E-state index contributed by atoms with van der Waals surface area (Å²) in [5.74, 6) is 0.780. The van der Waals surface area contributed by atoms with Crippen LogP contribution in [0.5, 0.6) is 5.75 Å². The smallest absolute Gasteiger partial charge is 0.147 e. The molecule has 2 aromatic rings. The van der Waals surface area contributed by atoms with Crippen LogP contribution in [0.1, 0.15) is 29.8 Å². The van der Waals surface area contributed by atoms with E-state index in [1.165, 1.54) is 0 Å². The number of nitrogens with two attached hydrogens (primary N) is 3. The molecular formula is C17H22N4O. The van der Waals surface area contributed by atoms with Crippen LogP contribution in [0.3, 0.4) is 0 Å². The number of rotatable bonds is 6. The second kappa shape index (κ2) is 7.61. The molecule has 0 bridgehead atoms. The highest BCUT2D eigenvalue weighted by atomic mass is 16.6. The van der Waals surface area contributed by atoms with E-state index in [1.807, 2.05) is 61.5 Å². The maximum absolute atomic E-state index is 5.85. The number of hydroxylamine groups is 1. The van der Waals surface area contributed by atoms with Crippen molar-refractivity contribution >= 4 is 17.8 Å². The van der Waals surface area contributed by atoms with Gasteiger partial charge in [0.1, 0.15) is 5.75 Å². The molecule has 0 heterocycles. The quantitative estimate of drug-likeness (QED) is 0.284. The van der Waals surface area contributed by atoms with Crippen molar-refractivity contribution in [1.82, 2.24) is 5.48 Å². The highest BCUT2D eigenvalue weighted by molar-refractivity contribution is 5.71. The van der Waals surface area contributed by atoms with Gasteiger partial charge in [-0.1, -0.05) is 30.4 Å². The molecule has 0 unspecified atom stereocenters. The Hall–Kier alpha value is -2.34. The van der Waals surface area contributed by atoms with Gasteiger partial charge in [-0.3, -0.25) is 0 Å². The average Bonchev–Trinajstić information content (AvgIpc) is 2.53. The van der Waals surface area contributed by atoms with Gasteiger partial charge in [-0.15, -0.1) is 0 Å². The van der Waals surface area contributed by atoms with Crippen molar-refractivity contribution in [2.24, 2.45) is 11.5 Å². The molecule has 5 nitrogen and oxygen atoms in total. The predicted octanol–water partition coefficient (Wildman–Crippen LogP) is 2.26. The van der Waals surface area contributed by atoms with Crippen LogP contribution < -0.4 is 27.5 Å². The van der Waals surface area contributed by atoms with Gasteiger partial charge < -0.3 is 22.0 Å². The standard InChI is InChI=1S/C17H22N4O/c1-2-21-22-14-8-5-12(6-9-14)3-4-13-7-10-16(18)15(11-13)17(19)20/h3-11,17,21H,2,18-20H2,1H3/b4-3+. The fourth-order valence-electron chi connectivity index (χ4n) is 1.98. The van der Waals surface area contributed by atoms with Crippen molar-refractivity contribution in [3.05, 3.63) is 59.2 Å². The first kappa shape index (κ1) is 16.0. The normalized spacial score (nSPS) is 11.3. The summed E-state index contributed by atoms with van der Waals surface area (Å²) in [6.07, 6.45) is 3.43. The van der Waals surface area contributed by atoms with Gasteiger partial charge in [0.05, 0.1) is 6.17 Å². The third-order valence-corrected chi connectivity index (χ3v) is 3.15. The molecule has 22 heavy (non-hydrogen) atoms. The lowest BCUT2D eigenvalue weighted by Gasteiger charge is -2.10. The molecular weight excluding hydrogens is 276 g/mol. The number of hydrogen-bond acceptors (Lipinski definition) is 5. The molecule has 0 radical (unpaired) electrons. The Balaban J connectivity index is 2.09. The number of anilines is 1. The zero-order chi connectivity index (χ0) is 15.9. The summed E-state index contributed by atoms with van der Waals surface area (Å²) >= 11 is 0. The molecule has 5 heteroatoms. The molecule has 0 saturated heterocycles. The topological polar surface area (TPSA) is 99.3 Å². The van der Waals surface area contributed by atoms with E-state index in [0.717, 1.165) is 29.0 Å². The third-order valence-electron chi connectivity index (χ3n) is 3.15. The molecule has 2 aromatic carbocycles. The van der Waals surface area contributed by atoms with Gasteiger partial charge >= 0.3 is 0 Å². The third kappa shape index (κ3) is 4.33. The first-order valence-corrected chi connectivity index (χ1v) is 7.18. The van der Waals surface area contributed by atoms with Gasteiger partial charge in [0.25, 0.3) is 0 Å². The molecule has 0 aliphatic heterocycles. The van der Waals surface area contributed by atoms with Gasteiger partial charge in [0.2, 0.25) is 0 Å². The molecule has 0 spiro atoms. The Kier molecular flexibility index (Phi) is 5.55. The maximum Gasteiger partial charge on any atom is 0.147 e. The number of benzene rings is 2. The fourth-order valence-corrected chi connectivity index (χ4v) is 1.98. The van der Waals surface area contributed by atoms with Gasteiger partial charge in [-0.05, 0) is 42.3 Å².